The summed E-state index contributed by atoms with van der Waals surface area (Å²) >= 11 is 0. The molecule has 0 aliphatic carbocycles. The quantitative estimate of drug-likeness (QED) is 0.685. The summed E-state index contributed by atoms with van der Waals surface area (Å²) in [5, 5.41) is 6.08. The van der Waals surface area contributed by atoms with E-state index in [-0.39, 0.29) is 5.97 Å². The van der Waals surface area contributed by atoms with Gasteiger partial charge in [0.2, 0.25) is 0 Å². The molecule has 2 heterocycles. The van der Waals surface area contributed by atoms with Gasteiger partial charge in [0.1, 0.15) is 17.4 Å². The summed E-state index contributed by atoms with van der Waals surface area (Å²) in [5.74, 6) is 0.639. The highest BCUT2D eigenvalue weighted by Gasteiger charge is 2.35. The molecule has 8 nitrogen and oxygen atoms in total. The van der Waals surface area contributed by atoms with Crippen molar-refractivity contribution in [3.05, 3.63) is 47.7 Å². The maximum absolute atomic E-state index is 12.9. The van der Waals surface area contributed by atoms with Gasteiger partial charge in [0.25, 0.3) is 0 Å². The molecule has 172 valence electrons. The molecular formula is C24H32N4O4. The van der Waals surface area contributed by atoms with Crippen molar-refractivity contribution in [1.29, 1.82) is 0 Å². The number of amides is 1. The van der Waals surface area contributed by atoms with E-state index in [4.69, 9.17) is 14.5 Å². The number of nitrogens with zero attached hydrogens (tertiary/aromatic N) is 2. The minimum atomic E-state index is -0.617. The first-order valence-corrected chi connectivity index (χ1v) is 10.9. The first-order valence-electron chi connectivity index (χ1n) is 10.9. The lowest BCUT2D eigenvalue weighted by Gasteiger charge is -2.38. The molecule has 0 saturated carbocycles. The van der Waals surface area contributed by atoms with Crippen LogP contribution in [0.3, 0.4) is 0 Å². The highest BCUT2D eigenvalue weighted by molar-refractivity contribution is 5.91. The Labute approximate surface area is 189 Å². The van der Waals surface area contributed by atoms with Crippen LogP contribution in [0.5, 0.6) is 5.75 Å². The van der Waals surface area contributed by atoms with Crippen LogP contribution in [0.4, 0.5) is 16.3 Å². The van der Waals surface area contributed by atoms with Gasteiger partial charge in [-0.25, -0.2) is 14.6 Å². The number of aromatic nitrogens is 1. The van der Waals surface area contributed by atoms with Crippen LogP contribution in [0.2, 0.25) is 0 Å². The van der Waals surface area contributed by atoms with E-state index in [2.05, 4.69) is 10.6 Å². The minimum Gasteiger partial charge on any atom is -0.458 e. The number of piperazine rings is 1. The fraction of sp³-hybridized carbons (Fsp3) is 0.458. The lowest BCUT2D eigenvalue weighted by atomic mass is 10.1. The van der Waals surface area contributed by atoms with Crippen LogP contribution < -0.4 is 20.3 Å². The fourth-order valence-corrected chi connectivity index (χ4v) is 3.57. The van der Waals surface area contributed by atoms with Crippen LogP contribution in [0, 0.1) is 6.92 Å². The van der Waals surface area contributed by atoms with E-state index in [9.17, 15) is 9.59 Å². The number of aryl methyl sites for hydroxylation is 2. The van der Waals surface area contributed by atoms with Gasteiger partial charge in [-0.3, -0.25) is 5.32 Å². The molecule has 1 fully saturated rings. The normalized spacial score (nSPS) is 16.4. The predicted octanol–water partition coefficient (Wildman–Crippen LogP) is 3.68. The van der Waals surface area contributed by atoms with Crippen molar-refractivity contribution < 1.29 is 19.1 Å². The molecule has 3 rings (SSSR count). The summed E-state index contributed by atoms with van der Waals surface area (Å²) in [5.41, 5.74) is 1.76. The van der Waals surface area contributed by atoms with E-state index in [1.807, 2.05) is 51.7 Å². The van der Waals surface area contributed by atoms with E-state index in [1.165, 1.54) is 0 Å². The van der Waals surface area contributed by atoms with Crippen molar-refractivity contribution in [2.75, 3.05) is 29.9 Å². The molecule has 1 aliphatic heterocycles. The molecule has 8 heteroatoms. The Balaban J connectivity index is 1.92. The van der Waals surface area contributed by atoms with Crippen molar-refractivity contribution >= 4 is 23.6 Å². The monoisotopic (exact) mass is 440 g/mol. The van der Waals surface area contributed by atoms with Crippen molar-refractivity contribution in [2.24, 2.45) is 0 Å². The lowest BCUT2D eigenvalue weighted by Crippen LogP contribution is -2.57. The molecule has 1 unspecified atom stereocenters. The van der Waals surface area contributed by atoms with Crippen molar-refractivity contribution in [3.8, 4) is 5.75 Å². The average molecular weight is 441 g/mol. The topological polar surface area (TPSA) is 92.8 Å². The third-order valence-electron chi connectivity index (χ3n) is 5.06. The summed E-state index contributed by atoms with van der Waals surface area (Å²) in [6.07, 6.45) is 0.146. The number of para-hydroxylation sites is 1. The van der Waals surface area contributed by atoms with Crippen LogP contribution in [0.1, 0.15) is 39.0 Å². The summed E-state index contributed by atoms with van der Waals surface area (Å²) in [4.78, 5) is 32.2. The van der Waals surface area contributed by atoms with Gasteiger partial charge in [0, 0.05) is 25.3 Å². The van der Waals surface area contributed by atoms with Gasteiger partial charge >= 0.3 is 12.1 Å². The predicted molar refractivity (Wildman–Crippen MR) is 124 cm³/mol. The smallest absolute Gasteiger partial charge is 0.417 e. The second-order valence-electron chi connectivity index (χ2n) is 8.73. The standard InChI is InChI=1S/C24H32N4O4/c1-6-17-14-19(27-23(30)31-18-10-8-7-9-11-18)21(26-16(17)2)28-13-12-25-15-20(28)22(29)32-24(3,4)5/h7-11,14,20,25H,6,12-13,15H2,1-5H3,(H,27,30). The Morgan fingerprint density at radius 3 is 2.62 bits per heavy atom. The van der Waals surface area contributed by atoms with Crippen LogP contribution in [0.15, 0.2) is 36.4 Å². The number of pyridine rings is 1. The number of benzene rings is 1. The highest BCUT2D eigenvalue weighted by Crippen LogP contribution is 2.30. The zero-order chi connectivity index (χ0) is 23.3. The summed E-state index contributed by atoms with van der Waals surface area (Å²) in [6.45, 7) is 11.2. The second-order valence-corrected chi connectivity index (χ2v) is 8.73. The maximum Gasteiger partial charge on any atom is 0.417 e. The first-order chi connectivity index (χ1) is 15.2. The minimum absolute atomic E-state index is 0.332. The zero-order valence-corrected chi connectivity index (χ0v) is 19.4. The number of ether oxygens (including phenoxy) is 2. The molecule has 0 radical (unpaired) electrons. The Hall–Kier alpha value is -3.13. The molecule has 0 bridgehead atoms. The van der Waals surface area contributed by atoms with Crippen molar-refractivity contribution in [3.63, 3.8) is 0 Å². The summed E-state index contributed by atoms with van der Waals surface area (Å²) in [6, 6.07) is 10.2. The molecule has 2 aromatic rings. The number of hydrogen-bond donors (Lipinski definition) is 2. The second kappa shape index (κ2) is 9.99. The Bertz CT molecular complexity index is 956. The van der Waals surface area contributed by atoms with Gasteiger partial charge in [0.05, 0.1) is 5.69 Å². The molecule has 1 saturated heterocycles. The molecule has 0 spiro atoms. The van der Waals surface area contributed by atoms with Crippen LogP contribution >= 0.6 is 0 Å². The van der Waals surface area contributed by atoms with Gasteiger partial charge in [-0.2, -0.15) is 0 Å². The van der Waals surface area contributed by atoms with Gasteiger partial charge < -0.3 is 19.7 Å². The third-order valence-corrected chi connectivity index (χ3v) is 5.06. The van der Waals surface area contributed by atoms with E-state index in [0.717, 1.165) is 17.7 Å². The number of carbonyl (C=O) groups excluding carboxylic acids is 2. The van der Waals surface area contributed by atoms with E-state index in [1.54, 1.807) is 24.3 Å². The Kier molecular flexibility index (Phi) is 7.35. The van der Waals surface area contributed by atoms with Crippen molar-refractivity contribution in [1.82, 2.24) is 10.3 Å². The van der Waals surface area contributed by atoms with Gasteiger partial charge in [0.15, 0.2) is 5.82 Å². The SMILES string of the molecule is CCc1cc(NC(=O)Oc2ccccc2)c(N2CCNCC2C(=O)OC(C)(C)C)nc1C. The average Bonchev–Trinajstić information content (AvgIpc) is 2.74. The summed E-state index contributed by atoms with van der Waals surface area (Å²) in [7, 11) is 0. The van der Waals surface area contributed by atoms with Gasteiger partial charge in [-0.15, -0.1) is 0 Å². The molecule has 1 aromatic heterocycles. The van der Waals surface area contributed by atoms with Crippen LogP contribution in [-0.2, 0) is 16.0 Å². The molecule has 1 aliphatic rings. The highest BCUT2D eigenvalue weighted by atomic mass is 16.6. The zero-order valence-electron chi connectivity index (χ0n) is 19.4. The number of esters is 1. The number of rotatable bonds is 5. The number of anilines is 2. The largest absolute Gasteiger partial charge is 0.458 e. The molecule has 2 N–H and O–H groups in total. The maximum atomic E-state index is 12.9. The number of nitrogens with one attached hydrogen (secondary N) is 2. The van der Waals surface area contributed by atoms with E-state index in [0.29, 0.717) is 36.9 Å². The Morgan fingerprint density at radius 2 is 1.97 bits per heavy atom. The van der Waals surface area contributed by atoms with Crippen LogP contribution in [0.25, 0.3) is 0 Å². The van der Waals surface area contributed by atoms with E-state index >= 15 is 0 Å². The van der Waals surface area contributed by atoms with Crippen LogP contribution in [-0.4, -0.2) is 48.3 Å². The number of carbonyl (C=O) groups is 2. The van der Waals surface area contributed by atoms with Gasteiger partial charge in [-0.1, -0.05) is 25.1 Å². The molecule has 1 aromatic carbocycles. The molecule has 1 amide bonds. The molecule has 1 atom stereocenters. The lowest BCUT2D eigenvalue weighted by molar-refractivity contribution is -0.156. The number of hydrogen-bond acceptors (Lipinski definition) is 7. The molecule has 32 heavy (non-hydrogen) atoms. The van der Waals surface area contributed by atoms with E-state index < -0.39 is 17.7 Å². The third kappa shape index (κ3) is 5.97. The Morgan fingerprint density at radius 1 is 1.25 bits per heavy atom. The summed E-state index contributed by atoms with van der Waals surface area (Å²) < 4.78 is 11.0. The van der Waals surface area contributed by atoms with Crippen molar-refractivity contribution in [2.45, 2.75) is 52.7 Å². The molecular weight excluding hydrogens is 408 g/mol. The first kappa shape index (κ1) is 23.5. The van der Waals surface area contributed by atoms with Gasteiger partial charge in [-0.05, 0) is 57.9 Å². The fourth-order valence-electron chi connectivity index (χ4n) is 3.57.